The van der Waals surface area contributed by atoms with Gasteiger partial charge in [-0.25, -0.2) is 0 Å². The van der Waals surface area contributed by atoms with Crippen molar-refractivity contribution in [2.75, 3.05) is 26.7 Å². The van der Waals surface area contributed by atoms with Gasteiger partial charge in [-0.3, -0.25) is 9.69 Å². The maximum absolute atomic E-state index is 13.8. The van der Waals surface area contributed by atoms with Crippen LogP contribution in [0.4, 0.5) is 0 Å². The first-order valence-corrected chi connectivity index (χ1v) is 17.8. The summed E-state index contributed by atoms with van der Waals surface area (Å²) in [6.45, 7) is 8.68. The van der Waals surface area contributed by atoms with Crippen LogP contribution in [0.25, 0.3) is 0 Å². The fourth-order valence-corrected chi connectivity index (χ4v) is 9.56. The largest absolute Gasteiger partial charge is 0.508 e. The molecule has 2 aliphatic carbocycles. The lowest BCUT2D eigenvalue weighted by atomic mass is 9.50. The number of amides is 1. The number of aromatic hydroxyl groups is 1. The van der Waals surface area contributed by atoms with Gasteiger partial charge in [0.25, 0.3) is 0 Å². The molecule has 2 fully saturated rings. The molecule has 5 atom stereocenters. The van der Waals surface area contributed by atoms with Crippen LogP contribution in [0, 0.1) is 5.92 Å². The highest BCUT2D eigenvalue weighted by Gasteiger charge is 2.67. The molecule has 1 saturated heterocycles. The number of carbonyl (C=O) groups is 1. The van der Waals surface area contributed by atoms with Crippen LogP contribution in [-0.4, -0.2) is 65.7 Å². The van der Waals surface area contributed by atoms with Crippen molar-refractivity contribution in [3.05, 3.63) is 65.7 Å². The molecule has 2 aliphatic heterocycles. The highest BCUT2D eigenvalue weighted by Crippen LogP contribution is 2.65. The molecule has 6 rings (SSSR count). The van der Waals surface area contributed by atoms with Gasteiger partial charge in [-0.05, 0) is 69.9 Å². The zero-order valence-electron chi connectivity index (χ0n) is 27.6. The van der Waals surface area contributed by atoms with Gasteiger partial charge in [-0.2, -0.15) is 0 Å². The predicted octanol–water partition coefficient (Wildman–Crippen LogP) is 7.60. The number of phenolic OH excluding ortho intramolecular Hbond substituents is 1. The Morgan fingerprint density at radius 3 is 2.56 bits per heavy atom. The summed E-state index contributed by atoms with van der Waals surface area (Å²) in [5, 5.41) is 11.2. The van der Waals surface area contributed by atoms with Gasteiger partial charge in [-0.1, -0.05) is 74.9 Å². The van der Waals surface area contributed by atoms with Gasteiger partial charge in [0.05, 0.1) is 13.2 Å². The summed E-state index contributed by atoms with van der Waals surface area (Å²) in [4.78, 5) is 18.5. The van der Waals surface area contributed by atoms with E-state index in [0.29, 0.717) is 36.4 Å². The van der Waals surface area contributed by atoms with Crippen molar-refractivity contribution in [2.45, 2.75) is 120 Å². The third kappa shape index (κ3) is 6.00. The summed E-state index contributed by atoms with van der Waals surface area (Å²) < 4.78 is 12.7. The number of piperidine rings is 1. The van der Waals surface area contributed by atoms with E-state index in [-0.39, 0.29) is 23.5 Å². The molecule has 2 heterocycles. The first-order chi connectivity index (χ1) is 22.0. The lowest BCUT2D eigenvalue weighted by Gasteiger charge is -2.60. The van der Waals surface area contributed by atoms with Gasteiger partial charge in [0, 0.05) is 48.2 Å². The van der Waals surface area contributed by atoms with Crippen molar-refractivity contribution >= 4 is 5.91 Å². The van der Waals surface area contributed by atoms with Crippen LogP contribution in [0.15, 0.2) is 49.1 Å². The molecule has 2 bridgehead atoms. The van der Waals surface area contributed by atoms with Crippen molar-refractivity contribution in [3.8, 4) is 17.2 Å². The number of carbonyl (C=O) groups excluding carboxylic acids is 1. The monoisotopic (exact) mass is 614 g/mol. The summed E-state index contributed by atoms with van der Waals surface area (Å²) >= 11 is 0. The van der Waals surface area contributed by atoms with Gasteiger partial charge < -0.3 is 19.5 Å². The molecular weight excluding hydrogens is 560 g/mol. The Balaban J connectivity index is 1.05. The van der Waals surface area contributed by atoms with E-state index in [9.17, 15) is 9.90 Å². The Kier molecular flexibility index (Phi) is 10.1. The Bertz CT molecular complexity index is 1330. The number of nitrogens with zero attached hydrogens (tertiary/aromatic N) is 2. The molecule has 6 heteroatoms. The summed E-state index contributed by atoms with van der Waals surface area (Å²) in [6.07, 6.45) is 17.2. The van der Waals surface area contributed by atoms with Gasteiger partial charge >= 0.3 is 0 Å². The summed E-state index contributed by atoms with van der Waals surface area (Å²) in [7, 11) is 1.65. The summed E-state index contributed by atoms with van der Waals surface area (Å²) in [6, 6.07) is 12.9. The number of aryl methyl sites for hydroxylation is 1. The Morgan fingerprint density at radius 1 is 1.11 bits per heavy atom. The number of hydrogen-bond acceptors (Lipinski definition) is 5. The molecule has 2 aromatic carbocycles. The topological polar surface area (TPSA) is 62.2 Å². The van der Waals surface area contributed by atoms with E-state index in [4.69, 9.17) is 9.47 Å². The molecule has 0 aromatic heterocycles. The molecule has 2 aromatic rings. The molecule has 6 nitrogen and oxygen atoms in total. The third-order valence-corrected chi connectivity index (χ3v) is 11.6. The first kappa shape index (κ1) is 32.0. The second-order valence-corrected chi connectivity index (χ2v) is 13.9. The van der Waals surface area contributed by atoms with Gasteiger partial charge in [0.1, 0.15) is 11.9 Å². The zero-order valence-corrected chi connectivity index (χ0v) is 27.6. The minimum atomic E-state index is -0.199. The lowest BCUT2D eigenvalue weighted by Crippen LogP contribution is -2.69. The standard InChI is InChI=1S/C39H54N2O4/c1-4-24-40-25-23-39-30-21-22-31(38(39)45-37-34(44-3)27-33(42)29(36(37)39)26-32(30)40)41(5-2)35(43)20-16-11-9-7-6-8-10-13-17-28-18-14-12-15-19-28/h4,12,14-15,18-19,27,30-32,38,42H,1,5-11,13,16-17,20-26H2,2-3H3/t30-,31-,32+,38-,39-/m0/s1. The SMILES string of the molecule is C=CCN1CC[C@]23c4c5c(O)cc(OC)c4O[C@H]2[C@@H](N(CC)C(=O)CCCCCCCCCCc2ccccc2)CC[C@H]3[C@H]1C5. The Morgan fingerprint density at radius 2 is 1.84 bits per heavy atom. The minimum Gasteiger partial charge on any atom is -0.508 e. The molecule has 1 N–H and O–H groups in total. The normalized spacial score (nSPS) is 26.2. The van der Waals surface area contributed by atoms with Gasteiger partial charge in [0.15, 0.2) is 11.5 Å². The molecule has 0 unspecified atom stereocenters. The molecule has 1 saturated carbocycles. The molecule has 4 aliphatic rings. The number of methoxy groups -OCH3 is 1. The second-order valence-electron chi connectivity index (χ2n) is 13.9. The molecule has 1 spiro atoms. The number of benzene rings is 2. The van der Waals surface area contributed by atoms with E-state index in [1.54, 1.807) is 13.2 Å². The average molecular weight is 615 g/mol. The Labute approximate surface area is 270 Å². The van der Waals surface area contributed by atoms with Gasteiger partial charge in [0.2, 0.25) is 5.91 Å². The van der Waals surface area contributed by atoms with Crippen molar-refractivity contribution in [2.24, 2.45) is 5.92 Å². The molecule has 0 radical (unpaired) electrons. The first-order valence-electron chi connectivity index (χ1n) is 17.8. The maximum atomic E-state index is 13.8. The van der Waals surface area contributed by atoms with Crippen LogP contribution in [0.1, 0.15) is 101 Å². The second kappa shape index (κ2) is 14.2. The minimum absolute atomic E-state index is 0.0337. The van der Waals surface area contributed by atoms with Crippen molar-refractivity contribution in [3.63, 3.8) is 0 Å². The Hall–Kier alpha value is -2.99. The number of hydrogen-bond donors (Lipinski definition) is 1. The number of likely N-dealkylation sites (N-methyl/N-ethyl adjacent to an activating group) is 1. The zero-order chi connectivity index (χ0) is 31.4. The quantitative estimate of drug-likeness (QED) is 0.156. The van der Waals surface area contributed by atoms with Crippen LogP contribution >= 0.6 is 0 Å². The van der Waals surface area contributed by atoms with E-state index in [0.717, 1.165) is 62.9 Å². The third-order valence-electron chi connectivity index (χ3n) is 11.6. The average Bonchev–Trinajstić information content (AvgIpc) is 3.40. The van der Waals surface area contributed by atoms with E-state index < -0.39 is 0 Å². The van der Waals surface area contributed by atoms with Crippen LogP contribution in [-0.2, 0) is 23.1 Å². The molecule has 244 valence electrons. The lowest BCUT2D eigenvalue weighted by molar-refractivity contribution is -0.142. The fourth-order valence-electron chi connectivity index (χ4n) is 9.56. The number of ether oxygens (including phenoxy) is 2. The van der Waals surface area contributed by atoms with Crippen molar-refractivity contribution < 1.29 is 19.4 Å². The van der Waals surface area contributed by atoms with E-state index >= 15 is 0 Å². The van der Waals surface area contributed by atoms with Crippen LogP contribution in [0.3, 0.4) is 0 Å². The van der Waals surface area contributed by atoms with Crippen LogP contribution in [0.5, 0.6) is 17.2 Å². The van der Waals surface area contributed by atoms with E-state index in [1.165, 1.54) is 56.1 Å². The number of phenols is 1. The fraction of sp³-hybridized carbons (Fsp3) is 0.615. The summed E-state index contributed by atoms with van der Waals surface area (Å²) in [5.74, 6) is 2.44. The summed E-state index contributed by atoms with van der Waals surface area (Å²) in [5.41, 5.74) is 3.45. The van der Waals surface area contributed by atoms with Crippen molar-refractivity contribution in [1.29, 1.82) is 0 Å². The number of rotatable bonds is 16. The highest BCUT2D eigenvalue weighted by atomic mass is 16.5. The van der Waals surface area contributed by atoms with Gasteiger partial charge in [-0.15, -0.1) is 6.58 Å². The number of likely N-dealkylation sites (tertiary alicyclic amines) is 1. The van der Waals surface area contributed by atoms with Crippen molar-refractivity contribution in [1.82, 2.24) is 9.80 Å². The molecule has 45 heavy (non-hydrogen) atoms. The maximum Gasteiger partial charge on any atom is 0.222 e. The number of unbranched alkanes of at least 4 members (excludes halogenated alkanes) is 7. The van der Waals surface area contributed by atoms with E-state index in [2.05, 4.69) is 53.6 Å². The smallest absolute Gasteiger partial charge is 0.222 e. The van der Waals surface area contributed by atoms with E-state index in [1.807, 2.05) is 6.08 Å². The predicted molar refractivity (Wildman–Crippen MR) is 180 cm³/mol. The van der Waals surface area contributed by atoms with Crippen LogP contribution < -0.4 is 9.47 Å². The molecular formula is C39H54N2O4. The molecule has 1 amide bonds. The van der Waals surface area contributed by atoms with Crippen LogP contribution in [0.2, 0.25) is 0 Å². The highest BCUT2D eigenvalue weighted by molar-refractivity contribution is 5.77.